The first-order valence-electron chi connectivity index (χ1n) is 10.8. The molecule has 1 aliphatic heterocycles. The first kappa shape index (κ1) is 24.7. The average molecular weight is 554 g/mol. The van der Waals surface area contributed by atoms with E-state index in [1.54, 1.807) is 43.3 Å². The Morgan fingerprint density at radius 1 is 0.971 bits per heavy atom. The van der Waals surface area contributed by atoms with Crippen LogP contribution < -0.4 is 15.0 Å². The molecular formula is C27H22BrClN2O4. The summed E-state index contributed by atoms with van der Waals surface area (Å²) in [7, 11) is 0. The molecule has 0 spiro atoms. The van der Waals surface area contributed by atoms with E-state index in [0.717, 1.165) is 26.1 Å². The summed E-state index contributed by atoms with van der Waals surface area (Å²) in [6, 6.07) is 15.4. The highest BCUT2D eigenvalue weighted by molar-refractivity contribution is 9.10. The van der Waals surface area contributed by atoms with E-state index in [0.29, 0.717) is 34.2 Å². The van der Waals surface area contributed by atoms with Crippen LogP contribution in [0.4, 0.5) is 10.5 Å². The van der Waals surface area contributed by atoms with Crippen molar-refractivity contribution in [3.05, 3.63) is 97.5 Å². The molecule has 1 aliphatic rings. The van der Waals surface area contributed by atoms with Crippen molar-refractivity contribution in [3.63, 3.8) is 0 Å². The molecule has 0 unspecified atom stereocenters. The van der Waals surface area contributed by atoms with Crippen molar-refractivity contribution in [2.75, 3.05) is 4.90 Å². The number of carbonyl (C=O) groups excluding carboxylic acids is 3. The van der Waals surface area contributed by atoms with E-state index in [-0.39, 0.29) is 5.57 Å². The topological polar surface area (TPSA) is 75.7 Å². The molecule has 1 saturated heterocycles. The van der Waals surface area contributed by atoms with Gasteiger partial charge in [0, 0.05) is 15.1 Å². The van der Waals surface area contributed by atoms with Crippen molar-refractivity contribution in [2.24, 2.45) is 0 Å². The number of benzene rings is 3. The Hall–Kier alpha value is -3.42. The molecule has 0 radical (unpaired) electrons. The minimum absolute atomic E-state index is 0.203. The van der Waals surface area contributed by atoms with Gasteiger partial charge in [0.25, 0.3) is 11.8 Å². The van der Waals surface area contributed by atoms with Gasteiger partial charge in [-0.2, -0.15) is 0 Å². The fraction of sp³-hybridized carbons (Fsp3) is 0.148. The number of nitrogens with zero attached hydrogens (tertiary/aromatic N) is 1. The summed E-state index contributed by atoms with van der Waals surface area (Å²) < 4.78 is 6.84. The summed E-state index contributed by atoms with van der Waals surface area (Å²) in [6.45, 7) is 6.10. The zero-order chi connectivity index (χ0) is 25.3. The number of nitrogens with one attached hydrogen (secondary N) is 1. The zero-order valence-corrected chi connectivity index (χ0v) is 21.7. The molecule has 4 rings (SSSR count). The van der Waals surface area contributed by atoms with Gasteiger partial charge in [0.2, 0.25) is 0 Å². The third-order valence-corrected chi connectivity index (χ3v) is 6.18. The van der Waals surface area contributed by atoms with E-state index in [1.807, 2.05) is 26.0 Å². The SMILES string of the molecule is Cc1cc(C)cc(COc2ccc(Cl)cc2/C=C2/C(=O)NC(=O)N(c3ccc(Br)cc3C)C2=O)c1. The van der Waals surface area contributed by atoms with E-state index in [2.05, 4.69) is 27.3 Å². The Bertz CT molecular complexity index is 1380. The average Bonchev–Trinajstić information content (AvgIpc) is 2.76. The highest BCUT2D eigenvalue weighted by Crippen LogP contribution is 2.30. The lowest BCUT2D eigenvalue weighted by Crippen LogP contribution is -2.54. The van der Waals surface area contributed by atoms with Gasteiger partial charge in [-0.05, 0) is 74.4 Å². The van der Waals surface area contributed by atoms with Crippen LogP contribution in [0.2, 0.25) is 5.02 Å². The second-order valence-electron chi connectivity index (χ2n) is 8.36. The molecule has 1 fully saturated rings. The van der Waals surface area contributed by atoms with E-state index in [4.69, 9.17) is 16.3 Å². The van der Waals surface area contributed by atoms with Gasteiger partial charge in [0.1, 0.15) is 17.9 Å². The number of aryl methyl sites for hydroxylation is 3. The third-order valence-electron chi connectivity index (χ3n) is 5.45. The highest BCUT2D eigenvalue weighted by atomic mass is 79.9. The Balaban J connectivity index is 1.69. The fourth-order valence-electron chi connectivity index (χ4n) is 3.98. The van der Waals surface area contributed by atoms with Crippen molar-refractivity contribution in [3.8, 4) is 5.75 Å². The van der Waals surface area contributed by atoms with Crippen LogP contribution >= 0.6 is 27.5 Å². The van der Waals surface area contributed by atoms with E-state index in [9.17, 15) is 14.4 Å². The van der Waals surface area contributed by atoms with Gasteiger partial charge in [-0.15, -0.1) is 0 Å². The lowest BCUT2D eigenvalue weighted by Gasteiger charge is -2.27. The predicted molar refractivity (Wildman–Crippen MR) is 140 cm³/mol. The molecule has 0 aliphatic carbocycles. The molecule has 6 nitrogen and oxygen atoms in total. The van der Waals surface area contributed by atoms with Crippen molar-refractivity contribution in [1.82, 2.24) is 5.32 Å². The Labute approximate surface area is 216 Å². The number of urea groups is 1. The first-order valence-corrected chi connectivity index (χ1v) is 12.0. The van der Waals surface area contributed by atoms with Crippen LogP contribution in [0.1, 0.15) is 27.8 Å². The van der Waals surface area contributed by atoms with Gasteiger partial charge in [0.15, 0.2) is 0 Å². The van der Waals surface area contributed by atoms with Gasteiger partial charge in [0.05, 0.1) is 5.69 Å². The Morgan fingerprint density at radius 2 is 1.69 bits per heavy atom. The normalized spacial score (nSPS) is 14.9. The minimum atomic E-state index is -0.806. The van der Waals surface area contributed by atoms with Gasteiger partial charge >= 0.3 is 6.03 Å². The molecule has 1 heterocycles. The predicted octanol–water partition coefficient (Wildman–Crippen LogP) is 6.27. The number of hydrogen-bond donors (Lipinski definition) is 1. The van der Waals surface area contributed by atoms with Gasteiger partial charge < -0.3 is 4.74 Å². The van der Waals surface area contributed by atoms with Gasteiger partial charge in [-0.25, -0.2) is 9.69 Å². The summed E-state index contributed by atoms with van der Waals surface area (Å²) in [5, 5.41) is 2.66. The number of rotatable bonds is 5. The standard InChI is InChI=1S/C27H22BrClN2O4/c1-15-8-16(2)10-18(9-15)14-35-24-7-5-21(29)12-19(24)13-22-25(32)30-27(34)31(26(22)33)23-6-4-20(28)11-17(23)3/h4-13H,14H2,1-3H3,(H,30,32,34)/b22-13-. The Morgan fingerprint density at radius 3 is 2.37 bits per heavy atom. The number of barbiturate groups is 1. The number of imide groups is 2. The third kappa shape index (κ3) is 5.47. The first-order chi connectivity index (χ1) is 16.6. The summed E-state index contributed by atoms with van der Waals surface area (Å²) in [6.07, 6.45) is 1.40. The monoisotopic (exact) mass is 552 g/mol. The number of hydrogen-bond acceptors (Lipinski definition) is 4. The molecule has 0 aromatic heterocycles. The second-order valence-corrected chi connectivity index (χ2v) is 9.71. The van der Waals surface area contributed by atoms with Crippen LogP contribution in [0.5, 0.6) is 5.75 Å². The molecule has 3 aromatic carbocycles. The maximum absolute atomic E-state index is 13.3. The highest BCUT2D eigenvalue weighted by Gasteiger charge is 2.37. The summed E-state index contributed by atoms with van der Waals surface area (Å²) >= 11 is 9.58. The molecule has 1 N–H and O–H groups in total. The number of ether oxygens (including phenoxy) is 1. The summed E-state index contributed by atoms with van der Waals surface area (Å²) in [5.74, 6) is -1.07. The second kappa shape index (κ2) is 10.1. The maximum atomic E-state index is 13.3. The van der Waals surface area contributed by atoms with Crippen LogP contribution in [0.3, 0.4) is 0 Å². The lowest BCUT2D eigenvalue weighted by atomic mass is 10.0. The molecule has 0 atom stereocenters. The number of anilines is 1. The summed E-state index contributed by atoms with van der Waals surface area (Å²) in [4.78, 5) is 39.5. The molecule has 8 heteroatoms. The van der Waals surface area contributed by atoms with Crippen LogP contribution in [0, 0.1) is 20.8 Å². The number of halogens is 2. The van der Waals surface area contributed by atoms with E-state index < -0.39 is 17.8 Å². The van der Waals surface area contributed by atoms with Crippen molar-refractivity contribution < 1.29 is 19.1 Å². The van der Waals surface area contributed by atoms with Crippen LogP contribution in [-0.2, 0) is 16.2 Å². The van der Waals surface area contributed by atoms with Crippen LogP contribution in [-0.4, -0.2) is 17.8 Å². The van der Waals surface area contributed by atoms with Gasteiger partial charge in [-0.1, -0.05) is 56.9 Å². The van der Waals surface area contributed by atoms with Crippen molar-refractivity contribution >= 4 is 57.1 Å². The lowest BCUT2D eigenvalue weighted by molar-refractivity contribution is -0.122. The molecule has 0 saturated carbocycles. The smallest absolute Gasteiger partial charge is 0.335 e. The number of amides is 4. The number of carbonyl (C=O) groups is 3. The quantitative estimate of drug-likeness (QED) is 0.298. The molecule has 3 aromatic rings. The molecule has 0 bridgehead atoms. The molecule has 35 heavy (non-hydrogen) atoms. The fourth-order valence-corrected chi connectivity index (χ4v) is 4.63. The van der Waals surface area contributed by atoms with Crippen molar-refractivity contribution in [1.29, 1.82) is 0 Å². The minimum Gasteiger partial charge on any atom is -0.488 e. The van der Waals surface area contributed by atoms with Crippen LogP contribution in [0.25, 0.3) is 6.08 Å². The molecule has 4 amide bonds. The van der Waals surface area contributed by atoms with E-state index >= 15 is 0 Å². The van der Waals surface area contributed by atoms with Gasteiger partial charge in [-0.3, -0.25) is 14.9 Å². The maximum Gasteiger partial charge on any atom is 0.335 e. The molecule has 178 valence electrons. The zero-order valence-electron chi connectivity index (χ0n) is 19.3. The largest absolute Gasteiger partial charge is 0.488 e. The molecular weight excluding hydrogens is 532 g/mol. The Kier molecular flexibility index (Phi) is 7.10. The van der Waals surface area contributed by atoms with E-state index in [1.165, 1.54) is 6.08 Å². The van der Waals surface area contributed by atoms with Crippen molar-refractivity contribution in [2.45, 2.75) is 27.4 Å². The summed E-state index contributed by atoms with van der Waals surface area (Å²) in [5.41, 5.74) is 4.56. The van der Waals surface area contributed by atoms with Crippen LogP contribution in [0.15, 0.2) is 64.6 Å².